The summed E-state index contributed by atoms with van der Waals surface area (Å²) >= 11 is 0. The minimum Gasteiger partial charge on any atom is -0.460 e. The summed E-state index contributed by atoms with van der Waals surface area (Å²) in [6.07, 6.45) is 0.884. The van der Waals surface area contributed by atoms with Crippen LogP contribution in [0.15, 0.2) is 11.6 Å². The third kappa shape index (κ3) is 8.56. The lowest BCUT2D eigenvalue weighted by atomic mass is 10.1. The van der Waals surface area contributed by atoms with E-state index in [2.05, 4.69) is 5.32 Å². The average Bonchev–Trinajstić information content (AvgIpc) is 2.61. The second kappa shape index (κ2) is 7.89. The third-order valence-electron chi connectivity index (χ3n) is 3.12. The van der Waals surface area contributed by atoms with Crippen molar-refractivity contribution in [3.8, 4) is 0 Å². The molecular weight excluding hydrogens is 324 g/mol. The predicted molar refractivity (Wildman–Crippen MR) is 94.0 cm³/mol. The minimum atomic E-state index is -0.651. The number of carbonyl (C=O) groups excluding carboxylic acids is 3. The standard InChI is InChI=1S/C18H30N2O5/c1-12-8-14(21)20(10-12)11-13(9-15(22)24-17(2,3)4)19-16(23)25-18(5,6)7/h8,13H,9-11H2,1-7H3,(H,19,23)/t13-/m0/s1. The highest BCUT2D eigenvalue weighted by Crippen LogP contribution is 2.14. The van der Waals surface area contributed by atoms with E-state index in [0.29, 0.717) is 6.54 Å². The molecule has 0 saturated heterocycles. The maximum absolute atomic E-state index is 12.1. The molecule has 1 aliphatic heterocycles. The highest BCUT2D eigenvalue weighted by atomic mass is 16.6. The summed E-state index contributed by atoms with van der Waals surface area (Å²) in [6, 6.07) is -0.590. The molecule has 1 N–H and O–H groups in total. The maximum atomic E-state index is 12.1. The highest BCUT2D eigenvalue weighted by Gasteiger charge is 2.28. The van der Waals surface area contributed by atoms with E-state index < -0.39 is 29.3 Å². The summed E-state index contributed by atoms with van der Waals surface area (Å²) in [5.41, 5.74) is -0.324. The van der Waals surface area contributed by atoms with E-state index >= 15 is 0 Å². The zero-order chi connectivity index (χ0) is 19.4. The van der Waals surface area contributed by atoms with Crippen LogP contribution < -0.4 is 5.32 Å². The van der Waals surface area contributed by atoms with Crippen molar-refractivity contribution in [1.29, 1.82) is 0 Å². The van der Waals surface area contributed by atoms with Crippen molar-refractivity contribution in [2.24, 2.45) is 0 Å². The van der Waals surface area contributed by atoms with Crippen LogP contribution in [0, 0.1) is 0 Å². The van der Waals surface area contributed by atoms with Gasteiger partial charge in [-0.15, -0.1) is 0 Å². The van der Waals surface area contributed by atoms with E-state index in [0.717, 1.165) is 5.57 Å². The Kier molecular flexibility index (Phi) is 6.62. The summed E-state index contributed by atoms with van der Waals surface area (Å²) in [5.74, 6) is -0.567. The number of hydrogen-bond donors (Lipinski definition) is 1. The van der Waals surface area contributed by atoms with Crippen LogP contribution >= 0.6 is 0 Å². The molecule has 0 spiro atoms. The molecule has 7 nitrogen and oxygen atoms in total. The van der Waals surface area contributed by atoms with Crippen LogP contribution in [0.1, 0.15) is 54.9 Å². The molecule has 1 rings (SSSR count). The van der Waals surface area contributed by atoms with Crippen molar-refractivity contribution in [1.82, 2.24) is 10.2 Å². The summed E-state index contributed by atoms with van der Waals surface area (Å²) in [5, 5.41) is 2.67. The van der Waals surface area contributed by atoms with Crippen LogP contribution in [0.2, 0.25) is 0 Å². The second-order valence-electron chi connectivity index (χ2n) is 8.34. The number of esters is 1. The number of hydrogen-bond acceptors (Lipinski definition) is 5. The molecular formula is C18H30N2O5. The highest BCUT2D eigenvalue weighted by molar-refractivity contribution is 5.91. The number of alkyl carbamates (subject to hydrolysis) is 1. The lowest BCUT2D eigenvalue weighted by molar-refractivity contribution is -0.155. The van der Waals surface area contributed by atoms with Crippen LogP contribution in [-0.4, -0.2) is 53.2 Å². The van der Waals surface area contributed by atoms with Crippen molar-refractivity contribution in [3.05, 3.63) is 11.6 Å². The third-order valence-corrected chi connectivity index (χ3v) is 3.12. The fourth-order valence-corrected chi connectivity index (χ4v) is 2.37. The number of nitrogens with zero attached hydrogens (tertiary/aromatic N) is 1. The van der Waals surface area contributed by atoms with Gasteiger partial charge in [0.2, 0.25) is 5.91 Å². The van der Waals surface area contributed by atoms with Crippen LogP contribution in [0.4, 0.5) is 4.79 Å². The van der Waals surface area contributed by atoms with Crippen molar-refractivity contribution in [2.45, 2.75) is 72.1 Å². The fraction of sp³-hybridized carbons (Fsp3) is 0.722. The zero-order valence-electron chi connectivity index (χ0n) is 16.3. The summed E-state index contributed by atoms with van der Waals surface area (Å²) in [4.78, 5) is 37.7. The Hall–Kier alpha value is -2.05. The van der Waals surface area contributed by atoms with Gasteiger partial charge in [0.25, 0.3) is 0 Å². The van der Waals surface area contributed by atoms with E-state index in [1.54, 1.807) is 52.5 Å². The minimum absolute atomic E-state index is 0.0423. The van der Waals surface area contributed by atoms with Crippen LogP contribution in [0.25, 0.3) is 0 Å². The molecule has 0 saturated carbocycles. The first-order chi connectivity index (χ1) is 11.2. The molecule has 142 valence electrons. The molecule has 0 aliphatic carbocycles. The number of amides is 2. The van der Waals surface area contributed by atoms with Gasteiger partial charge in [-0.1, -0.05) is 0 Å². The summed E-state index contributed by atoms with van der Waals surface area (Å²) in [7, 11) is 0. The maximum Gasteiger partial charge on any atom is 0.407 e. The van der Waals surface area contributed by atoms with E-state index in [-0.39, 0.29) is 18.9 Å². The van der Waals surface area contributed by atoms with Gasteiger partial charge in [-0.25, -0.2) is 4.79 Å². The molecule has 7 heteroatoms. The first-order valence-corrected chi connectivity index (χ1v) is 8.42. The van der Waals surface area contributed by atoms with Gasteiger partial charge in [0.1, 0.15) is 11.2 Å². The first kappa shape index (κ1) is 21.0. The molecule has 0 fully saturated rings. The molecule has 0 radical (unpaired) electrons. The number of rotatable bonds is 5. The topological polar surface area (TPSA) is 84.9 Å². The number of ether oxygens (including phenoxy) is 2. The Balaban J connectivity index is 2.74. The van der Waals surface area contributed by atoms with Crippen molar-refractivity contribution >= 4 is 18.0 Å². The Labute approximate surface area is 149 Å². The molecule has 2 amide bonds. The first-order valence-electron chi connectivity index (χ1n) is 8.42. The zero-order valence-corrected chi connectivity index (χ0v) is 16.3. The van der Waals surface area contributed by atoms with Gasteiger partial charge in [0, 0.05) is 19.2 Å². The molecule has 1 aliphatic rings. The Morgan fingerprint density at radius 1 is 1.16 bits per heavy atom. The van der Waals surface area contributed by atoms with Crippen LogP contribution in [-0.2, 0) is 19.1 Å². The molecule has 0 aromatic carbocycles. The SMILES string of the molecule is CC1=CC(=O)N(C[C@H](CC(=O)OC(C)(C)C)NC(=O)OC(C)(C)C)C1. The van der Waals surface area contributed by atoms with Crippen LogP contribution in [0.3, 0.4) is 0 Å². The van der Waals surface area contributed by atoms with E-state index in [4.69, 9.17) is 9.47 Å². The van der Waals surface area contributed by atoms with Gasteiger partial charge < -0.3 is 19.7 Å². The lowest BCUT2D eigenvalue weighted by Crippen LogP contribution is -2.47. The van der Waals surface area contributed by atoms with Gasteiger partial charge >= 0.3 is 12.1 Å². The van der Waals surface area contributed by atoms with E-state index in [1.165, 1.54) is 0 Å². The van der Waals surface area contributed by atoms with Crippen molar-refractivity contribution < 1.29 is 23.9 Å². The molecule has 25 heavy (non-hydrogen) atoms. The summed E-state index contributed by atoms with van der Waals surface area (Å²) < 4.78 is 10.6. The Morgan fingerprint density at radius 3 is 2.16 bits per heavy atom. The van der Waals surface area contributed by atoms with E-state index in [1.807, 2.05) is 6.92 Å². The predicted octanol–water partition coefficient (Wildman–Crippen LogP) is 2.40. The Bertz CT molecular complexity index is 525. The number of nitrogens with one attached hydrogen (secondary N) is 1. The van der Waals surface area contributed by atoms with Gasteiger partial charge in [0.15, 0.2) is 0 Å². The van der Waals surface area contributed by atoms with Gasteiger partial charge in [-0.2, -0.15) is 0 Å². The quantitative estimate of drug-likeness (QED) is 0.766. The molecule has 1 atom stereocenters. The normalized spacial score (nSPS) is 16.4. The van der Waals surface area contributed by atoms with Gasteiger partial charge in [-0.05, 0) is 54.0 Å². The largest absolute Gasteiger partial charge is 0.460 e. The van der Waals surface area contributed by atoms with E-state index in [9.17, 15) is 14.4 Å². The molecule has 0 unspecified atom stereocenters. The molecule has 1 heterocycles. The second-order valence-corrected chi connectivity index (χ2v) is 8.34. The van der Waals surface area contributed by atoms with Gasteiger partial charge in [0.05, 0.1) is 12.5 Å². The molecule has 0 aromatic rings. The van der Waals surface area contributed by atoms with Crippen LogP contribution in [0.5, 0.6) is 0 Å². The fourth-order valence-electron chi connectivity index (χ4n) is 2.37. The monoisotopic (exact) mass is 354 g/mol. The number of carbonyl (C=O) groups is 3. The smallest absolute Gasteiger partial charge is 0.407 e. The Morgan fingerprint density at radius 2 is 1.72 bits per heavy atom. The van der Waals surface area contributed by atoms with Gasteiger partial charge in [-0.3, -0.25) is 9.59 Å². The van der Waals surface area contributed by atoms with Crippen molar-refractivity contribution in [2.75, 3.05) is 13.1 Å². The molecule has 0 bridgehead atoms. The lowest BCUT2D eigenvalue weighted by Gasteiger charge is -2.27. The molecule has 0 aromatic heterocycles. The average molecular weight is 354 g/mol. The summed E-state index contributed by atoms with van der Waals surface area (Å²) in [6.45, 7) is 13.2. The van der Waals surface area contributed by atoms with Crippen molar-refractivity contribution in [3.63, 3.8) is 0 Å².